The van der Waals surface area contributed by atoms with Crippen LogP contribution in [0.15, 0.2) is 0 Å². The summed E-state index contributed by atoms with van der Waals surface area (Å²) in [7, 11) is 0. The predicted octanol–water partition coefficient (Wildman–Crippen LogP) is 2.36. The van der Waals surface area contributed by atoms with Crippen molar-refractivity contribution < 1.29 is 0 Å². The molecule has 0 amide bonds. The van der Waals surface area contributed by atoms with Crippen molar-refractivity contribution in [2.24, 2.45) is 17.6 Å². The van der Waals surface area contributed by atoms with Gasteiger partial charge in [-0.3, -0.25) is 0 Å². The van der Waals surface area contributed by atoms with Crippen molar-refractivity contribution in [2.45, 2.75) is 33.2 Å². The van der Waals surface area contributed by atoms with E-state index in [-0.39, 0.29) is 5.54 Å². The zero-order valence-electron chi connectivity index (χ0n) is 8.35. The average molecular weight is 175 g/mol. The Hall–Kier alpha value is 0.310. The van der Waals surface area contributed by atoms with Gasteiger partial charge in [0.05, 0.1) is 0 Å². The molecule has 2 N–H and O–H groups in total. The monoisotopic (exact) mass is 175 g/mol. The highest BCUT2D eigenvalue weighted by Crippen LogP contribution is 2.26. The molecule has 0 rings (SSSR count). The summed E-state index contributed by atoms with van der Waals surface area (Å²) < 4.78 is 0. The van der Waals surface area contributed by atoms with Gasteiger partial charge in [-0.05, 0) is 18.1 Å². The van der Waals surface area contributed by atoms with E-state index in [1.165, 1.54) is 0 Å². The second-order valence-electron chi connectivity index (χ2n) is 3.85. The summed E-state index contributed by atoms with van der Waals surface area (Å²) in [5, 5.41) is 0. The van der Waals surface area contributed by atoms with Crippen LogP contribution in [-0.2, 0) is 0 Å². The van der Waals surface area contributed by atoms with Gasteiger partial charge in [0.1, 0.15) is 0 Å². The summed E-state index contributed by atoms with van der Waals surface area (Å²) in [5.74, 6) is 2.19. The molecule has 0 aliphatic heterocycles. The second-order valence-corrected chi connectivity index (χ2v) is 4.72. The number of thioether (sulfide) groups is 1. The van der Waals surface area contributed by atoms with E-state index in [9.17, 15) is 0 Å². The number of hydrogen-bond acceptors (Lipinski definition) is 2. The van der Waals surface area contributed by atoms with Crippen LogP contribution in [0.1, 0.15) is 27.7 Å². The zero-order chi connectivity index (χ0) is 9.07. The van der Waals surface area contributed by atoms with Crippen LogP contribution in [0.5, 0.6) is 0 Å². The maximum absolute atomic E-state index is 6.27. The van der Waals surface area contributed by atoms with E-state index in [4.69, 9.17) is 5.73 Å². The molecule has 0 bridgehead atoms. The van der Waals surface area contributed by atoms with E-state index < -0.39 is 0 Å². The maximum Gasteiger partial charge on any atom is 0.0292 e. The van der Waals surface area contributed by atoms with Gasteiger partial charge < -0.3 is 5.73 Å². The third-order valence-electron chi connectivity index (χ3n) is 2.54. The van der Waals surface area contributed by atoms with Crippen molar-refractivity contribution in [3.63, 3.8) is 0 Å². The molecule has 0 aliphatic rings. The van der Waals surface area contributed by atoms with Crippen molar-refractivity contribution in [3.8, 4) is 0 Å². The molecular weight excluding hydrogens is 154 g/mol. The summed E-state index contributed by atoms with van der Waals surface area (Å²) in [4.78, 5) is 0. The first-order valence-electron chi connectivity index (χ1n) is 4.23. The summed E-state index contributed by atoms with van der Waals surface area (Å²) in [6.45, 7) is 8.82. The summed E-state index contributed by atoms with van der Waals surface area (Å²) in [5.41, 5.74) is 6.29. The zero-order valence-corrected chi connectivity index (χ0v) is 9.16. The lowest BCUT2D eigenvalue weighted by atomic mass is 9.79. The van der Waals surface area contributed by atoms with E-state index in [0.717, 1.165) is 5.75 Å². The molecule has 0 fully saturated rings. The van der Waals surface area contributed by atoms with Crippen LogP contribution >= 0.6 is 11.8 Å². The van der Waals surface area contributed by atoms with Gasteiger partial charge in [0, 0.05) is 11.3 Å². The minimum absolute atomic E-state index is 0.0133. The van der Waals surface area contributed by atoms with Crippen LogP contribution in [0, 0.1) is 11.8 Å². The van der Waals surface area contributed by atoms with Crippen molar-refractivity contribution in [1.29, 1.82) is 0 Å². The first kappa shape index (κ1) is 11.3. The standard InChI is InChI=1S/C9H21NS/c1-7(2)9(10,6-11-5)8(3)4/h7-8H,6,10H2,1-5H3. The molecule has 0 spiro atoms. The molecule has 2 heteroatoms. The lowest BCUT2D eigenvalue weighted by Gasteiger charge is -2.37. The molecule has 0 saturated heterocycles. The fourth-order valence-corrected chi connectivity index (χ4v) is 2.42. The average Bonchev–Trinajstić information content (AvgIpc) is 1.87. The molecule has 1 nitrogen and oxygen atoms in total. The minimum Gasteiger partial charge on any atom is -0.324 e. The highest BCUT2D eigenvalue weighted by molar-refractivity contribution is 7.98. The molecule has 0 aromatic carbocycles. The van der Waals surface area contributed by atoms with E-state index >= 15 is 0 Å². The Morgan fingerprint density at radius 1 is 1.18 bits per heavy atom. The van der Waals surface area contributed by atoms with Crippen LogP contribution in [0.4, 0.5) is 0 Å². The number of hydrogen-bond donors (Lipinski definition) is 1. The molecule has 0 atom stereocenters. The first-order chi connectivity index (χ1) is 4.95. The van der Waals surface area contributed by atoms with Crippen molar-refractivity contribution >= 4 is 11.8 Å². The Balaban J connectivity index is 4.26. The lowest BCUT2D eigenvalue weighted by molar-refractivity contribution is 0.256. The molecule has 0 aliphatic carbocycles. The van der Waals surface area contributed by atoms with E-state index in [2.05, 4.69) is 34.0 Å². The highest BCUT2D eigenvalue weighted by atomic mass is 32.2. The van der Waals surface area contributed by atoms with Crippen molar-refractivity contribution in [1.82, 2.24) is 0 Å². The van der Waals surface area contributed by atoms with Gasteiger partial charge in [-0.2, -0.15) is 11.8 Å². The third-order valence-corrected chi connectivity index (χ3v) is 3.33. The molecule has 0 radical (unpaired) electrons. The fourth-order valence-electron chi connectivity index (χ4n) is 1.25. The lowest BCUT2D eigenvalue weighted by Crippen LogP contribution is -2.52. The minimum atomic E-state index is 0.0133. The first-order valence-corrected chi connectivity index (χ1v) is 5.62. The van der Waals surface area contributed by atoms with Gasteiger partial charge in [0.2, 0.25) is 0 Å². The van der Waals surface area contributed by atoms with E-state index in [1.54, 1.807) is 0 Å². The van der Waals surface area contributed by atoms with Crippen LogP contribution < -0.4 is 5.73 Å². The van der Waals surface area contributed by atoms with Crippen LogP contribution in [-0.4, -0.2) is 17.5 Å². The molecule has 0 aromatic heterocycles. The summed E-state index contributed by atoms with van der Waals surface area (Å²) >= 11 is 1.84. The third kappa shape index (κ3) is 2.68. The molecule has 0 heterocycles. The summed E-state index contributed by atoms with van der Waals surface area (Å²) in [6.07, 6.45) is 2.12. The van der Waals surface area contributed by atoms with Gasteiger partial charge in [-0.25, -0.2) is 0 Å². The fraction of sp³-hybridized carbons (Fsp3) is 1.00. The predicted molar refractivity (Wildman–Crippen MR) is 55.0 cm³/mol. The molecule has 68 valence electrons. The van der Waals surface area contributed by atoms with Crippen molar-refractivity contribution in [2.75, 3.05) is 12.0 Å². The quantitative estimate of drug-likeness (QED) is 0.710. The molecule has 11 heavy (non-hydrogen) atoms. The molecule has 0 saturated carbocycles. The Labute approximate surface area is 75.1 Å². The SMILES string of the molecule is CSCC(N)(C(C)C)C(C)C. The summed E-state index contributed by atoms with van der Waals surface area (Å²) in [6, 6.07) is 0. The maximum atomic E-state index is 6.27. The molecule has 0 unspecified atom stereocenters. The van der Waals surface area contributed by atoms with Gasteiger partial charge in [0.25, 0.3) is 0 Å². The molecular formula is C9H21NS. The molecule has 0 aromatic rings. The van der Waals surface area contributed by atoms with Gasteiger partial charge in [0.15, 0.2) is 0 Å². The van der Waals surface area contributed by atoms with Gasteiger partial charge in [-0.1, -0.05) is 27.7 Å². The number of nitrogens with two attached hydrogens (primary N) is 1. The van der Waals surface area contributed by atoms with Gasteiger partial charge >= 0.3 is 0 Å². The van der Waals surface area contributed by atoms with Crippen LogP contribution in [0.2, 0.25) is 0 Å². The topological polar surface area (TPSA) is 26.0 Å². The Bertz CT molecular complexity index is 102. The Morgan fingerprint density at radius 2 is 1.55 bits per heavy atom. The van der Waals surface area contributed by atoms with Crippen LogP contribution in [0.25, 0.3) is 0 Å². The largest absolute Gasteiger partial charge is 0.324 e. The van der Waals surface area contributed by atoms with Crippen molar-refractivity contribution in [3.05, 3.63) is 0 Å². The Morgan fingerprint density at radius 3 is 1.64 bits per heavy atom. The van der Waals surface area contributed by atoms with E-state index in [1.807, 2.05) is 11.8 Å². The smallest absolute Gasteiger partial charge is 0.0292 e. The van der Waals surface area contributed by atoms with Crippen LogP contribution in [0.3, 0.4) is 0 Å². The normalized spacial score (nSPS) is 13.1. The van der Waals surface area contributed by atoms with Gasteiger partial charge in [-0.15, -0.1) is 0 Å². The highest BCUT2D eigenvalue weighted by Gasteiger charge is 2.31. The Kier molecular flexibility index (Phi) is 4.49. The second kappa shape index (κ2) is 4.36. The number of rotatable bonds is 4. The van der Waals surface area contributed by atoms with E-state index in [0.29, 0.717) is 11.8 Å².